The van der Waals surface area contributed by atoms with E-state index in [1.54, 1.807) is 12.5 Å². The molecule has 2 aromatic heterocycles. The van der Waals surface area contributed by atoms with Gasteiger partial charge in [0.05, 0.1) is 23.9 Å². The summed E-state index contributed by atoms with van der Waals surface area (Å²) < 4.78 is 7.30. The molecule has 1 N–H and O–H groups in total. The van der Waals surface area contributed by atoms with Crippen LogP contribution in [0.4, 0.5) is 11.5 Å². The fourth-order valence-electron chi connectivity index (χ4n) is 2.83. The van der Waals surface area contributed by atoms with Crippen molar-refractivity contribution in [2.45, 2.75) is 13.8 Å². The lowest BCUT2D eigenvalue weighted by Crippen LogP contribution is -2.00. The number of anilines is 2. The van der Waals surface area contributed by atoms with E-state index in [0.717, 1.165) is 34.0 Å². The summed E-state index contributed by atoms with van der Waals surface area (Å²) in [6.07, 6.45) is 3.34. The highest BCUT2D eigenvalue weighted by atomic mass is 16.5. The predicted molar refractivity (Wildman–Crippen MR) is 102 cm³/mol. The molecule has 0 aliphatic rings. The molecule has 0 spiro atoms. The monoisotopic (exact) mass is 345 g/mol. The molecule has 0 radical (unpaired) electrons. The first-order valence-electron chi connectivity index (χ1n) is 8.50. The van der Waals surface area contributed by atoms with Gasteiger partial charge in [-0.25, -0.2) is 14.6 Å². The first-order chi connectivity index (χ1) is 12.7. The molecule has 2 heterocycles. The second-order valence-electron chi connectivity index (χ2n) is 5.94. The Labute approximate surface area is 151 Å². The van der Waals surface area contributed by atoms with Gasteiger partial charge in [-0.05, 0) is 55.8 Å². The van der Waals surface area contributed by atoms with Gasteiger partial charge in [0.25, 0.3) is 0 Å². The normalized spacial score (nSPS) is 10.8. The van der Waals surface area contributed by atoms with Gasteiger partial charge in [-0.2, -0.15) is 5.10 Å². The molecule has 2 aromatic carbocycles. The maximum atomic E-state index is 5.48. The molecule has 26 heavy (non-hydrogen) atoms. The molecule has 4 aromatic rings. The summed E-state index contributed by atoms with van der Waals surface area (Å²) in [7, 11) is 0. The molecule has 0 aliphatic carbocycles. The standard InChI is InChI=1S/C20H19N5O/c1-3-26-17-9-7-15(8-10-17)24-19-18-12-23-25(20(18)22-13-21-19)16-6-4-5-14(2)11-16/h4-13H,3H2,1-2H3,(H,21,22,24). The highest BCUT2D eigenvalue weighted by Gasteiger charge is 2.11. The Balaban J connectivity index is 1.68. The smallest absolute Gasteiger partial charge is 0.168 e. The van der Waals surface area contributed by atoms with Crippen LogP contribution in [0.3, 0.4) is 0 Å². The number of benzene rings is 2. The fourth-order valence-corrected chi connectivity index (χ4v) is 2.83. The van der Waals surface area contributed by atoms with Gasteiger partial charge in [-0.1, -0.05) is 12.1 Å². The zero-order valence-corrected chi connectivity index (χ0v) is 14.7. The van der Waals surface area contributed by atoms with Gasteiger partial charge in [-0.15, -0.1) is 0 Å². The average Bonchev–Trinajstić information content (AvgIpc) is 3.09. The molecular weight excluding hydrogens is 326 g/mol. The number of hydrogen-bond donors (Lipinski definition) is 1. The molecular formula is C20H19N5O. The minimum absolute atomic E-state index is 0.650. The van der Waals surface area contributed by atoms with E-state index in [1.165, 1.54) is 5.56 Å². The predicted octanol–water partition coefficient (Wildman–Crippen LogP) is 4.27. The lowest BCUT2D eigenvalue weighted by molar-refractivity contribution is 0.340. The van der Waals surface area contributed by atoms with Crippen molar-refractivity contribution in [3.63, 3.8) is 0 Å². The third kappa shape index (κ3) is 3.09. The van der Waals surface area contributed by atoms with Crippen molar-refractivity contribution in [2.24, 2.45) is 0 Å². The zero-order valence-electron chi connectivity index (χ0n) is 14.7. The molecule has 0 amide bonds. The van der Waals surface area contributed by atoms with E-state index in [0.29, 0.717) is 6.61 Å². The van der Waals surface area contributed by atoms with E-state index in [1.807, 2.05) is 48.0 Å². The van der Waals surface area contributed by atoms with Gasteiger partial charge in [0.1, 0.15) is 17.9 Å². The minimum atomic E-state index is 0.650. The quantitative estimate of drug-likeness (QED) is 0.585. The number of aryl methyl sites for hydroxylation is 1. The summed E-state index contributed by atoms with van der Waals surface area (Å²) >= 11 is 0. The summed E-state index contributed by atoms with van der Waals surface area (Å²) in [4.78, 5) is 8.80. The number of aromatic nitrogens is 4. The second kappa shape index (κ2) is 6.84. The van der Waals surface area contributed by atoms with Crippen LogP contribution in [0.1, 0.15) is 12.5 Å². The largest absolute Gasteiger partial charge is 0.494 e. The van der Waals surface area contributed by atoms with Gasteiger partial charge in [0, 0.05) is 5.69 Å². The maximum absolute atomic E-state index is 5.48. The van der Waals surface area contributed by atoms with Gasteiger partial charge >= 0.3 is 0 Å². The molecule has 0 saturated heterocycles. The number of hydrogen-bond acceptors (Lipinski definition) is 5. The SMILES string of the molecule is CCOc1ccc(Nc2ncnc3c2cnn3-c2cccc(C)c2)cc1. The molecule has 4 rings (SSSR count). The van der Waals surface area contributed by atoms with Crippen LogP contribution in [0.2, 0.25) is 0 Å². The van der Waals surface area contributed by atoms with Crippen LogP contribution >= 0.6 is 0 Å². The van der Waals surface area contributed by atoms with Crippen molar-refractivity contribution in [3.8, 4) is 11.4 Å². The first-order valence-corrected chi connectivity index (χ1v) is 8.50. The molecule has 0 saturated carbocycles. The van der Waals surface area contributed by atoms with E-state index in [2.05, 4.69) is 39.4 Å². The average molecular weight is 345 g/mol. The number of fused-ring (bicyclic) bond motifs is 1. The first kappa shape index (κ1) is 16.1. The highest BCUT2D eigenvalue weighted by molar-refractivity contribution is 5.89. The molecule has 0 atom stereocenters. The number of rotatable bonds is 5. The van der Waals surface area contributed by atoms with E-state index < -0.39 is 0 Å². The maximum Gasteiger partial charge on any atom is 0.168 e. The summed E-state index contributed by atoms with van der Waals surface area (Å²) in [6.45, 7) is 4.68. The van der Waals surface area contributed by atoms with Crippen molar-refractivity contribution in [1.29, 1.82) is 0 Å². The van der Waals surface area contributed by atoms with Crippen molar-refractivity contribution in [1.82, 2.24) is 19.7 Å². The highest BCUT2D eigenvalue weighted by Crippen LogP contribution is 2.25. The van der Waals surface area contributed by atoms with Gasteiger partial charge in [-0.3, -0.25) is 0 Å². The Morgan fingerprint density at radius 3 is 2.69 bits per heavy atom. The van der Waals surface area contributed by atoms with Gasteiger partial charge < -0.3 is 10.1 Å². The van der Waals surface area contributed by atoms with Gasteiger partial charge in [0.2, 0.25) is 0 Å². The molecule has 130 valence electrons. The van der Waals surface area contributed by atoms with Crippen LogP contribution < -0.4 is 10.1 Å². The Kier molecular flexibility index (Phi) is 4.23. The van der Waals surface area contributed by atoms with E-state index in [-0.39, 0.29) is 0 Å². The minimum Gasteiger partial charge on any atom is -0.494 e. The Morgan fingerprint density at radius 2 is 1.92 bits per heavy atom. The number of nitrogens with one attached hydrogen (secondary N) is 1. The Morgan fingerprint density at radius 1 is 1.08 bits per heavy atom. The Bertz CT molecular complexity index is 1040. The van der Waals surface area contributed by atoms with Crippen molar-refractivity contribution >= 4 is 22.5 Å². The second-order valence-corrected chi connectivity index (χ2v) is 5.94. The van der Waals surface area contributed by atoms with Crippen molar-refractivity contribution < 1.29 is 4.74 Å². The van der Waals surface area contributed by atoms with Gasteiger partial charge in [0.15, 0.2) is 5.65 Å². The van der Waals surface area contributed by atoms with Crippen LogP contribution in [0, 0.1) is 6.92 Å². The Hall–Kier alpha value is -3.41. The van der Waals surface area contributed by atoms with E-state index >= 15 is 0 Å². The fraction of sp³-hybridized carbons (Fsp3) is 0.150. The summed E-state index contributed by atoms with van der Waals surface area (Å²) in [5, 5.41) is 8.70. The van der Waals surface area contributed by atoms with Crippen LogP contribution in [-0.4, -0.2) is 26.4 Å². The summed E-state index contributed by atoms with van der Waals surface area (Å²) in [5.41, 5.74) is 3.84. The van der Waals surface area contributed by atoms with Crippen molar-refractivity contribution in [2.75, 3.05) is 11.9 Å². The third-order valence-corrected chi connectivity index (χ3v) is 4.04. The zero-order chi connectivity index (χ0) is 17.9. The molecule has 0 fully saturated rings. The van der Waals surface area contributed by atoms with E-state index in [9.17, 15) is 0 Å². The summed E-state index contributed by atoms with van der Waals surface area (Å²) in [5.74, 6) is 1.57. The van der Waals surface area contributed by atoms with Crippen LogP contribution in [0.25, 0.3) is 16.7 Å². The molecule has 0 bridgehead atoms. The van der Waals surface area contributed by atoms with Crippen molar-refractivity contribution in [3.05, 3.63) is 66.6 Å². The molecule has 6 heteroatoms. The number of ether oxygens (including phenoxy) is 1. The van der Waals surface area contributed by atoms with Crippen LogP contribution in [-0.2, 0) is 0 Å². The topological polar surface area (TPSA) is 64.9 Å². The summed E-state index contributed by atoms with van der Waals surface area (Å²) in [6, 6.07) is 15.9. The number of nitrogens with zero attached hydrogens (tertiary/aromatic N) is 4. The third-order valence-electron chi connectivity index (χ3n) is 4.04. The molecule has 0 aliphatic heterocycles. The molecule has 0 unspecified atom stereocenters. The van der Waals surface area contributed by atoms with E-state index in [4.69, 9.17) is 4.74 Å². The molecule has 6 nitrogen and oxygen atoms in total. The lowest BCUT2D eigenvalue weighted by atomic mass is 10.2. The lowest BCUT2D eigenvalue weighted by Gasteiger charge is -2.08. The van der Waals surface area contributed by atoms with Crippen LogP contribution in [0.15, 0.2) is 61.1 Å². The van der Waals surface area contributed by atoms with Crippen LogP contribution in [0.5, 0.6) is 5.75 Å².